The van der Waals surface area contributed by atoms with Gasteiger partial charge in [-0.1, -0.05) is 0 Å². The Morgan fingerprint density at radius 1 is 0.929 bits per heavy atom. The van der Waals surface area contributed by atoms with Gasteiger partial charge in [0.1, 0.15) is 17.8 Å². The van der Waals surface area contributed by atoms with Gasteiger partial charge in [0.05, 0.1) is 28.4 Å². The molecule has 0 aliphatic heterocycles. The third kappa shape index (κ3) is 3.32. The summed E-state index contributed by atoms with van der Waals surface area (Å²) in [6, 6.07) is 10.4. The molecule has 0 atom stereocenters. The Hall–Kier alpha value is -3.68. The van der Waals surface area contributed by atoms with Gasteiger partial charge in [-0.3, -0.25) is 9.36 Å². The molecule has 0 unspecified atom stereocenters. The molecule has 0 aliphatic rings. The van der Waals surface area contributed by atoms with Crippen molar-refractivity contribution in [1.29, 1.82) is 0 Å². The van der Waals surface area contributed by atoms with E-state index in [1.54, 1.807) is 35.9 Å². The van der Waals surface area contributed by atoms with Crippen LogP contribution in [0.2, 0.25) is 0 Å². The van der Waals surface area contributed by atoms with Crippen LogP contribution in [-0.4, -0.2) is 43.8 Å². The standard InChI is InChI=1S/C20H21N3O5/c1-25-14-7-5-13(6-8-14)23-11-22-20(21)17(23)18(24)12-9-15(26-2)19(28-4)16(10-12)27-3/h5-11H,21H2,1-4H3. The first-order valence-corrected chi connectivity index (χ1v) is 8.36. The zero-order valence-electron chi connectivity index (χ0n) is 16.1. The van der Waals surface area contributed by atoms with E-state index in [2.05, 4.69) is 4.98 Å². The number of hydrogen-bond donors (Lipinski definition) is 1. The van der Waals surface area contributed by atoms with Crippen LogP contribution in [-0.2, 0) is 0 Å². The zero-order chi connectivity index (χ0) is 20.3. The molecule has 146 valence electrons. The molecule has 28 heavy (non-hydrogen) atoms. The molecule has 0 spiro atoms. The normalized spacial score (nSPS) is 10.4. The summed E-state index contributed by atoms with van der Waals surface area (Å²) in [4.78, 5) is 17.4. The molecule has 3 rings (SSSR count). The van der Waals surface area contributed by atoms with E-state index in [1.807, 2.05) is 12.1 Å². The molecule has 2 aromatic carbocycles. The first kappa shape index (κ1) is 19.1. The maximum Gasteiger partial charge on any atom is 0.213 e. The number of benzene rings is 2. The summed E-state index contributed by atoms with van der Waals surface area (Å²) < 4.78 is 22.8. The Balaban J connectivity index is 2.09. The van der Waals surface area contributed by atoms with Crippen molar-refractivity contribution >= 4 is 11.6 Å². The number of nitrogens with zero attached hydrogens (tertiary/aromatic N) is 2. The zero-order valence-corrected chi connectivity index (χ0v) is 16.1. The molecule has 0 saturated heterocycles. The number of rotatable bonds is 7. The fourth-order valence-corrected chi connectivity index (χ4v) is 2.88. The summed E-state index contributed by atoms with van der Waals surface area (Å²) >= 11 is 0. The van der Waals surface area contributed by atoms with Gasteiger partial charge in [0.2, 0.25) is 11.5 Å². The molecule has 2 N–H and O–H groups in total. The van der Waals surface area contributed by atoms with Crippen LogP contribution in [0.15, 0.2) is 42.7 Å². The van der Waals surface area contributed by atoms with Crippen LogP contribution >= 0.6 is 0 Å². The molecular formula is C20H21N3O5. The molecule has 0 amide bonds. The van der Waals surface area contributed by atoms with E-state index in [9.17, 15) is 4.79 Å². The summed E-state index contributed by atoms with van der Waals surface area (Å²) in [6.45, 7) is 0. The fraction of sp³-hybridized carbons (Fsp3) is 0.200. The number of nitrogens with two attached hydrogens (primary N) is 1. The minimum atomic E-state index is -0.329. The Labute approximate surface area is 162 Å². The van der Waals surface area contributed by atoms with E-state index >= 15 is 0 Å². The predicted molar refractivity (Wildman–Crippen MR) is 104 cm³/mol. The van der Waals surface area contributed by atoms with Gasteiger partial charge in [-0.2, -0.15) is 0 Å². The number of nitrogen functional groups attached to an aromatic ring is 1. The van der Waals surface area contributed by atoms with Gasteiger partial charge in [0.15, 0.2) is 17.3 Å². The molecule has 8 heteroatoms. The number of anilines is 1. The minimum Gasteiger partial charge on any atom is -0.497 e. The summed E-state index contributed by atoms with van der Waals surface area (Å²) in [5.74, 6) is 1.64. The van der Waals surface area contributed by atoms with Crippen molar-refractivity contribution in [3.63, 3.8) is 0 Å². The van der Waals surface area contributed by atoms with Crippen molar-refractivity contribution in [2.45, 2.75) is 0 Å². The van der Waals surface area contributed by atoms with Crippen molar-refractivity contribution in [2.24, 2.45) is 0 Å². The first-order chi connectivity index (χ1) is 13.5. The fourth-order valence-electron chi connectivity index (χ4n) is 2.88. The van der Waals surface area contributed by atoms with Gasteiger partial charge in [-0.15, -0.1) is 0 Å². The average molecular weight is 383 g/mol. The van der Waals surface area contributed by atoms with E-state index in [0.29, 0.717) is 28.6 Å². The maximum atomic E-state index is 13.3. The van der Waals surface area contributed by atoms with E-state index in [4.69, 9.17) is 24.7 Å². The Kier molecular flexibility index (Phi) is 5.39. The predicted octanol–water partition coefficient (Wildman–Crippen LogP) is 2.72. The highest BCUT2D eigenvalue weighted by Gasteiger charge is 2.23. The van der Waals surface area contributed by atoms with E-state index in [0.717, 1.165) is 5.69 Å². The summed E-state index contributed by atoms with van der Waals surface area (Å²) in [5, 5.41) is 0. The molecule has 0 radical (unpaired) electrons. The SMILES string of the molecule is COc1ccc(-n2cnc(N)c2C(=O)c2cc(OC)c(OC)c(OC)c2)cc1. The number of hydrogen-bond acceptors (Lipinski definition) is 7. The summed E-state index contributed by atoms with van der Waals surface area (Å²) in [5.41, 5.74) is 7.29. The molecule has 8 nitrogen and oxygen atoms in total. The highest BCUT2D eigenvalue weighted by molar-refractivity contribution is 6.11. The van der Waals surface area contributed by atoms with E-state index < -0.39 is 0 Å². The minimum absolute atomic E-state index is 0.120. The second kappa shape index (κ2) is 7.91. The monoisotopic (exact) mass is 383 g/mol. The molecular weight excluding hydrogens is 362 g/mol. The molecule has 0 bridgehead atoms. The Morgan fingerprint density at radius 2 is 1.54 bits per heavy atom. The number of ether oxygens (including phenoxy) is 4. The van der Waals surface area contributed by atoms with Crippen LogP contribution < -0.4 is 24.7 Å². The van der Waals surface area contributed by atoms with Crippen molar-refractivity contribution in [3.05, 3.63) is 54.0 Å². The number of aromatic nitrogens is 2. The third-order valence-corrected chi connectivity index (χ3v) is 4.29. The van der Waals surface area contributed by atoms with Gasteiger partial charge < -0.3 is 24.7 Å². The molecule has 0 aliphatic carbocycles. The van der Waals surface area contributed by atoms with Gasteiger partial charge >= 0.3 is 0 Å². The summed E-state index contributed by atoms with van der Waals surface area (Å²) in [7, 11) is 6.06. The van der Waals surface area contributed by atoms with Crippen LogP contribution in [0.25, 0.3) is 5.69 Å². The number of methoxy groups -OCH3 is 4. The maximum absolute atomic E-state index is 13.3. The Bertz CT molecular complexity index is 971. The van der Waals surface area contributed by atoms with Crippen LogP contribution in [0, 0.1) is 0 Å². The topological polar surface area (TPSA) is 97.8 Å². The highest BCUT2D eigenvalue weighted by Crippen LogP contribution is 2.39. The smallest absolute Gasteiger partial charge is 0.213 e. The number of carbonyl (C=O) groups excluding carboxylic acids is 1. The van der Waals surface area contributed by atoms with Crippen LogP contribution in [0.1, 0.15) is 16.1 Å². The van der Waals surface area contributed by atoms with Gasteiger partial charge in [0, 0.05) is 11.3 Å². The largest absolute Gasteiger partial charge is 0.497 e. The second-order valence-electron chi connectivity index (χ2n) is 5.79. The van der Waals surface area contributed by atoms with Crippen molar-refractivity contribution in [3.8, 4) is 28.7 Å². The molecule has 1 heterocycles. The molecule has 3 aromatic rings. The molecule has 1 aromatic heterocycles. The van der Waals surface area contributed by atoms with E-state index in [-0.39, 0.29) is 17.3 Å². The first-order valence-electron chi connectivity index (χ1n) is 8.36. The highest BCUT2D eigenvalue weighted by atomic mass is 16.5. The van der Waals surface area contributed by atoms with E-state index in [1.165, 1.54) is 27.7 Å². The van der Waals surface area contributed by atoms with Crippen molar-refractivity contribution in [1.82, 2.24) is 9.55 Å². The third-order valence-electron chi connectivity index (χ3n) is 4.29. The van der Waals surface area contributed by atoms with Gasteiger partial charge in [-0.05, 0) is 36.4 Å². The lowest BCUT2D eigenvalue weighted by Gasteiger charge is -2.14. The lowest BCUT2D eigenvalue weighted by Crippen LogP contribution is -2.11. The number of carbonyl (C=O) groups is 1. The van der Waals surface area contributed by atoms with Crippen LogP contribution in [0.3, 0.4) is 0 Å². The number of ketones is 1. The van der Waals surface area contributed by atoms with Crippen LogP contribution in [0.5, 0.6) is 23.0 Å². The van der Waals surface area contributed by atoms with Gasteiger partial charge in [0.25, 0.3) is 0 Å². The summed E-state index contributed by atoms with van der Waals surface area (Å²) in [6.07, 6.45) is 1.50. The van der Waals surface area contributed by atoms with Crippen molar-refractivity contribution in [2.75, 3.05) is 34.2 Å². The molecule has 0 fully saturated rings. The number of imidazole rings is 1. The second-order valence-corrected chi connectivity index (χ2v) is 5.79. The average Bonchev–Trinajstić information content (AvgIpc) is 3.13. The quantitative estimate of drug-likeness (QED) is 0.627. The van der Waals surface area contributed by atoms with Gasteiger partial charge in [-0.25, -0.2) is 4.98 Å². The van der Waals surface area contributed by atoms with Crippen LogP contribution in [0.4, 0.5) is 5.82 Å². The lowest BCUT2D eigenvalue weighted by atomic mass is 10.1. The molecule has 0 saturated carbocycles. The lowest BCUT2D eigenvalue weighted by molar-refractivity contribution is 0.103. The Morgan fingerprint density at radius 3 is 2.04 bits per heavy atom. The van der Waals surface area contributed by atoms with Crippen molar-refractivity contribution < 1.29 is 23.7 Å².